The molecule has 3 aliphatic heterocycles. The number of aliphatic hydroxyl groups is 1. The highest BCUT2D eigenvalue weighted by molar-refractivity contribution is 7.99. The van der Waals surface area contributed by atoms with E-state index in [1.807, 2.05) is 106 Å². The molecule has 5 atom stereocenters. The number of carbonyl (C=O) groups excluding carboxylic acids is 5. The maximum absolute atomic E-state index is 14.6. The van der Waals surface area contributed by atoms with Gasteiger partial charge in [0.05, 0.1) is 38.8 Å². The van der Waals surface area contributed by atoms with Crippen LogP contribution in [0, 0.1) is 17.8 Å². The number of hydrogen-bond acceptors (Lipinski definition) is 18. The van der Waals surface area contributed by atoms with Gasteiger partial charge in [0.1, 0.15) is 17.0 Å². The lowest BCUT2D eigenvalue weighted by atomic mass is 9.72. The Hall–Kier alpha value is -7.86. The van der Waals surface area contributed by atoms with E-state index in [4.69, 9.17) is 5.73 Å². The summed E-state index contributed by atoms with van der Waals surface area (Å²) in [6.07, 6.45) is 4.34. The van der Waals surface area contributed by atoms with Crippen molar-refractivity contribution in [3.63, 3.8) is 0 Å². The third-order valence-corrected chi connectivity index (χ3v) is 25.2. The normalized spacial score (nSPS) is 18.7. The van der Waals surface area contributed by atoms with Crippen LogP contribution in [-0.4, -0.2) is 184 Å². The molecule has 105 heavy (non-hydrogen) atoms. The van der Waals surface area contributed by atoms with Crippen molar-refractivity contribution in [3.8, 4) is 10.4 Å². The zero-order valence-corrected chi connectivity index (χ0v) is 64.0. The second kappa shape index (κ2) is 34.4. The van der Waals surface area contributed by atoms with Crippen LogP contribution in [0.5, 0.6) is 0 Å². The Kier molecular flexibility index (Phi) is 26.1. The van der Waals surface area contributed by atoms with Crippen molar-refractivity contribution in [1.29, 1.82) is 0 Å². The fraction of sp³-hybridized carbons (Fsp3) is 0.481. The molecule has 0 radical (unpaired) electrons. The van der Waals surface area contributed by atoms with Crippen LogP contribution in [0.25, 0.3) is 16.0 Å². The summed E-state index contributed by atoms with van der Waals surface area (Å²) in [6.45, 7) is 19.8. The van der Waals surface area contributed by atoms with E-state index in [0.717, 1.165) is 89.0 Å². The SMILES string of the molecule is Cc1ncsc1-c1ccc([C@H](C)NC(=O)[C@@H]2C[C@@H](O)CN2C(=O)[C@@H](NC(=O)CCCCCC(=O)N2CCN(CC[C@H](CSc3ccccc3)Nc3ccc(S(=O)(=O)NC(=O)c4ccc(N5CCN(CC6=C(c7ccc(N)cc7)CCC(C)(C)C6)CC5)cc4)cc3S(=O)(=O)C(F)(F)F)CC2)C(C)(C)C)cc1. The maximum Gasteiger partial charge on any atom is 0.501 e. The average molecular weight is 1520 g/mol. The number of amides is 5. The van der Waals surface area contributed by atoms with E-state index in [-0.39, 0.29) is 54.4 Å². The van der Waals surface area contributed by atoms with Crippen molar-refractivity contribution in [3.05, 3.63) is 155 Å². The molecule has 10 rings (SSSR count). The van der Waals surface area contributed by atoms with Crippen molar-refractivity contribution in [2.24, 2.45) is 10.8 Å². The summed E-state index contributed by atoms with van der Waals surface area (Å²) in [5.41, 5.74) is 9.25. The standard InChI is InChI=1S/C77H98F3N11O10S4/c1-51(53-18-20-55(21-19-53)70-52(2)82-50-103-70)83-73(96)66-44-61(92)48-91(66)74(97)71(75(3,4)5)85-68(93)16-12-9-13-17-69(94)90-42-36-87(37-43-90)35-33-59(49-102-62-14-10-8-11-15-62)84-65-31-30-63(45-67(65)104(98,99)77(78,79)80)105(100,101)86-72(95)56-24-28-60(29-25-56)89-40-38-88(39-41-89)47-57-46-76(6,7)34-32-64(57)54-22-26-58(81)27-23-54/h8,10-11,14-15,18-31,45,50-51,59,61,66,71,84,92H,9,12-13,16-17,32-44,46-49,81H2,1-7H3,(H,83,96)(H,85,93)(H,86,95)/t51-,59+,61+,66-,71+/m0/s1. The van der Waals surface area contributed by atoms with Crippen LogP contribution in [0.1, 0.15) is 139 Å². The van der Waals surface area contributed by atoms with E-state index in [0.29, 0.717) is 77.6 Å². The topological polar surface area (TPSA) is 277 Å². The number of thiazole rings is 1. The average Bonchev–Trinajstić information content (AvgIpc) is 0.849. The molecule has 4 heterocycles. The molecule has 1 aromatic heterocycles. The number of nitrogen functional groups attached to an aromatic ring is 1. The number of allylic oxidation sites excluding steroid dienone is 1. The Morgan fingerprint density at radius 3 is 2.10 bits per heavy atom. The number of thioether (sulfide) groups is 1. The molecule has 21 nitrogen and oxygen atoms in total. The molecule has 1 aliphatic carbocycles. The smallest absolute Gasteiger partial charge is 0.399 e. The van der Waals surface area contributed by atoms with Crippen molar-refractivity contribution in [2.75, 3.05) is 93.7 Å². The molecule has 0 bridgehead atoms. The lowest BCUT2D eigenvalue weighted by Crippen LogP contribution is -2.57. The molecular formula is C77H98F3N11O10S4. The number of hydrogen-bond donors (Lipinski definition) is 6. The van der Waals surface area contributed by atoms with E-state index in [2.05, 4.69) is 61.6 Å². The summed E-state index contributed by atoms with van der Waals surface area (Å²) >= 11 is 2.94. The van der Waals surface area contributed by atoms with Crippen LogP contribution in [0.3, 0.4) is 0 Å². The highest BCUT2D eigenvalue weighted by Crippen LogP contribution is 2.44. The summed E-state index contributed by atoms with van der Waals surface area (Å²) in [7, 11) is -11.1. The number of carbonyl (C=O) groups is 5. The highest BCUT2D eigenvalue weighted by atomic mass is 32.2. The van der Waals surface area contributed by atoms with E-state index < -0.39 is 94.3 Å². The van der Waals surface area contributed by atoms with Gasteiger partial charge < -0.3 is 41.5 Å². The Balaban J connectivity index is 0.690. The number of β-amino-alcohol motifs (C(OH)–C–C–N with tert-alkyl or cyclic N) is 1. The van der Waals surface area contributed by atoms with E-state index in [9.17, 15) is 59.1 Å². The van der Waals surface area contributed by atoms with Crippen LogP contribution < -0.4 is 31.3 Å². The lowest BCUT2D eigenvalue weighted by Gasteiger charge is -2.39. The number of aliphatic hydroxyl groups excluding tert-OH is 1. The van der Waals surface area contributed by atoms with Gasteiger partial charge in [0.15, 0.2) is 0 Å². The fourth-order valence-corrected chi connectivity index (χ4v) is 17.9. The highest BCUT2D eigenvalue weighted by Gasteiger charge is 2.49. The largest absolute Gasteiger partial charge is 0.501 e. The molecule has 7 N–H and O–H groups in total. The molecule has 0 unspecified atom stereocenters. The number of likely N-dealkylation sites (tertiary alicyclic amines) is 1. The number of sulfone groups is 1. The second-order valence-electron chi connectivity index (χ2n) is 29.8. The number of benzene rings is 5. The Bertz CT molecular complexity index is 4290. The Morgan fingerprint density at radius 1 is 0.790 bits per heavy atom. The monoisotopic (exact) mass is 1520 g/mol. The quantitative estimate of drug-likeness (QED) is 0.0151. The minimum atomic E-state index is -6.18. The number of anilines is 3. The van der Waals surface area contributed by atoms with E-state index >= 15 is 0 Å². The first kappa shape index (κ1) is 79.7. The van der Waals surface area contributed by atoms with Gasteiger partial charge in [-0.3, -0.25) is 33.8 Å². The van der Waals surface area contributed by atoms with Gasteiger partial charge in [-0.15, -0.1) is 23.1 Å². The Morgan fingerprint density at radius 2 is 1.45 bits per heavy atom. The molecule has 0 spiro atoms. The summed E-state index contributed by atoms with van der Waals surface area (Å²) in [4.78, 5) is 82.6. The van der Waals surface area contributed by atoms with Crippen LogP contribution in [-0.2, 0) is 39.0 Å². The number of nitrogens with zero attached hydrogens (tertiary/aromatic N) is 6. The predicted octanol–water partition coefficient (Wildman–Crippen LogP) is 11.3. The van der Waals surface area contributed by atoms with Gasteiger partial charge in [-0.2, -0.15) is 13.2 Å². The van der Waals surface area contributed by atoms with Gasteiger partial charge in [-0.1, -0.05) is 101 Å². The third-order valence-electron chi connectivity index (χ3n) is 20.2. The number of nitrogens with one attached hydrogen (secondary N) is 4. The number of halogens is 3. The summed E-state index contributed by atoms with van der Waals surface area (Å²) in [5.74, 6) is -2.10. The molecule has 28 heteroatoms. The minimum absolute atomic E-state index is 0.0417. The first-order chi connectivity index (χ1) is 49.7. The Labute approximate surface area is 623 Å². The lowest BCUT2D eigenvalue weighted by molar-refractivity contribution is -0.144. The van der Waals surface area contributed by atoms with Crippen LogP contribution in [0.15, 0.2) is 147 Å². The van der Waals surface area contributed by atoms with E-state index in [1.165, 1.54) is 45.5 Å². The number of rotatable bonds is 28. The van der Waals surface area contributed by atoms with Gasteiger partial charge in [0.25, 0.3) is 25.8 Å². The van der Waals surface area contributed by atoms with Gasteiger partial charge >= 0.3 is 5.51 Å². The molecule has 4 aliphatic rings. The summed E-state index contributed by atoms with van der Waals surface area (Å²) in [5, 5.41) is 19.7. The number of aromatic nitrogens is 1. The molecular weight excluding hydrogens is 1420 g/mol. The molecule has 3 saturated heterocycles. The van der Waals surface area contributed by atoms with Crippen molar-refractivity contribution in [2.45, 2.75) is 163 Å². The summed E-state index contributed by atoms with van der Waals surface area (Å²) < 4.78 is 100. The number of nitrogens with two attached hydrogens (primary N) is 1. The molecule has 0 saturated carbocycles. The van der Waals surface area contributed by atoms with Gasteiger partial charge in [0, 0.05) is 125 Å². The number of piperazine rings is 2. The third kappa shape index (κ3) is 20.9. The minimum Gasteiger partial charge on any atom is -0.399 e. The van der Waals surface area contributed by atoms with Crippen LogP contribution >= 0.6 is 23.1 Å². The first-order valence-corrected chi connectivity index (χ1v) is 40.7. The van der Waals surface area contributed by atoms with Crippen molar-refractivity contribution in [1.82, 2.24) is 39.9 Å². The van der Waals surface area contributed by atoms with Crippen LogP contribution in [0.4, 0.5) is 30.2 Å². The first-order valence-electron chi connectivity index (χ1n) is 35.9. The zero-order valence-electron chi connectivity index (χ0n) is 60.7. The van der Waals surface area contributed by atoms with E-state index in [1.54, 1.807) is 33.9 Å². The molecule has 3 fully saturated rings. The summed E-state index contributed by atoms with van der Waals surface area (Å²) in [6, 6.07) is 30.8. The van der Waals surface area contributed by atoms with Crippen molar-refractivity contribution < 1.29 is 59.1 Å². The molecule has 5 amide bonds. The predicted molar refractivity (Wildman–Crippen MR) is 406 cm³/mol. The maximum atomic E-state index is 14.6. The molecule has 6 aromatic rings. The van der Waals surface area contributed by atoms with Gasteiger partial charge in [0.2, 0.25) is 23.6 Å². The molecule has 5 aromatic carbocycles. The molecule has 566 valence electrons. The van der Waals surface area contributed by atoms with Gasteiger partial charge in [-0.05, 0) is 152 Å². The number of alkyl halides is 3. The van der Waals surface area contributed by atoms with Crippen molar-refractivity contribution >= 4 is 95.1 Å². The zero-order chi connectivity index (χ0) is 75.6. The van der Waals surface area contributed by atoms with Crippen LogP contribution in [0.2, 0.25) is 0 Å². The number of unbranched alkanes of at least 4 members (excludes halogenated alkanes) is 2. The van der Waals surface area contributed by atoms with Gasteiger partial charge in [-0.25, -0.2) is 26.5 Å². The number of sulfonamides is 1. The number of aryl methyl sites for hydroxylation is 1. The second-order valence-corrected chi connectivity index (χ2v) is 35.4. The fourth-order valence-electron chi connectivity index (χ4n) is 14.1.